The molecule has 0 bridgehead atoms. The maximum Gasteiger partial charge on any atom is 0.328 e. The number of aromatic nitrogens is 2. The van der Waals surface area contributed by atoms with Crippen LogP contribution in [0.3, 0.4) is 0 Å². The Bertz CT molecular complexity index is 789. The van der Waals surface area contributed by atoms with Gasteiger partial charge >= 0.3 is 5.69 Å². The van der Waals surface area contributed by atoms with Crippen LogP contribution in [0.2, 0.25) is 0 Å². The first-order valence-electron chi connectivity index (χ1n) is 11.5. The molecule has 1 N–H and O–H groups in total. The summed E-state index contributed by atoms with van der Waals surface area (Å²) in [6.45, 7) is 9.03. The summed E-state index contributed by atoms with van der Waals surface area (Å²) in [7, 11) is 0. The van der Waals surface area contributed by atoms with Gasteiger partial charge in [0.05, 0.1) is 5.41 Å². The van der Waals surface area contributed by atoms with Gasteiger partial charge in [0.1, 0.15) is 5.78 Å². The average Bonchev–Trinajstić information content (AvgIpc) is 2.61. The van der Waals surface area contributed by atoms with E-state index < -0.39 is 11.0 Å². The molecule has 2 rings (SSSR count). The normalized spacial score (nSPS) is 18.7. The first-order chi connectivity index (χ1) is 13.6. The van der Waals surface area contributed by atoms with Crippen molar-refractivity contribution in [3.05, 3.63) is 32.6 Å². The Morgan fingerprint density at radius 1 is 0.897 bits per heavy atom. The van der Waals surface area contributed by atoms with Gasteiger partial charge in [-0.15, -0.1) is 0 Å². The second kappa shape index (κ2) is 9.90. The fourth-order valence-electron chi connectivity index (χ4n) is 4.69. The van der Waals surface area contributed by atoms with Gasteiger partial charge in [-0.25, -0.2) is 4.79 Å². The van der Waals surface area contributed by atoms with Gasteiger partial charge in [0.2, 0.25) is 0 Å². The van der Waals surface area contributed by atoms with Crippen molar-refractivity contribution in [2.75, 3.05) is 0 Å². The Balaban J connectivity index is 2.42. The third-order valence-electron chi connectivity index (χ3n) is 7.21. The highest BCUT2D eigenvalue weighted by Gasteiger charge is 2.37. The van der Waals surface area contributed by atoms with Crippen molar-refractivity contribution in [1.29, 1.82) is 0 Å². The van der Waals surface area contributed by atoms with Crippen molar-refractivity contribution in [2.45, 2.75) is 116 Å². The van der Waals surface area contributed by atoms with Crippen LogP contribution in [0.25, 0.3) is 0 Å². The number of hydrogen-bond donors (Lipinski definition) is 1. The minimum absolute atomic E-state index is 0.0861. The molecule has 0 aromatic carbocycles. The van der Waals surface area contributed by atoms with Crippen LogP contribution in [0.5, 0.6) is 0 Å². The number of rotatable bonds is 4. The number of nitrogens with zero attached hydrogens (tertiary/aromatic N) is 1. The summed E-state index contributed by atoms with van der Waals surface area (Å²) in [5.41, 5.74) is -1.87. The molecule has 1 fully saturated rings. The Labute approximate surface area is 175 Å². The van der Waals surface area contributed by atoms with Crippen LogP contribution in [-0.2, 0) is 15.7 Å². The summed E-state index contributed by atoms with van der Waals surface area (Å²) in [6, 6.07) is 0. The highest BCUT2D eigenvalue weighted by molar-refractivity contribution is 5.86. The van der Waals surface area contributed by atoms with Crippen LogP contribution < -0.4 is 11.2 Å². The van der Waals surface area contributed by atoms with E-state index in [1.54, 1.807) is 13.8 Å². The fourth-order valence-corrected chi connectivity index (χ4v) is 4.69. The standard InChI is InChI=1S/C24H40N2O3/c1-18(27)23(2,3)20-17-25-22(29)26(21(20)28)24(4,5)19-15-13-11-9-7-6-8-10-12-14-16-19/h17,19H,6-16H2,1-5H3,(H,25,29). The summed E-state index contributed by atoms with van der Waals surface area (Å²) in [5.74, 6) is 0.174. The van der Waals surface area contributed by atoms with E-state index in [4.69, 9.17) is 0 Å². The van der Waals surface area contributed by atoms with Crippen molar-refractivity contribution in [1.82, 2.24) is 9.55 Å². The first kappa shape index (κ1) is 23.6. The van der Waals surface area contributed by atoms with E-state index in [0.29, 0.717) is 5.56 Å². The number of hydrogen-bond acceptors (Lipinski definition) is 3. The van der Waals surface area contributed by atoms with E-state index in [2.05, 4.69) is 4.98 Å². The van der Waals surface area contributed by atoms with Gasteiger partial charge in [0, 0.05) is 17.3 Å². The molecule has 5 heteroatoms. The van der Waals surface area contributed by atoms with Gasteiger partial charge in [-0.3, -0.25) is 14.2 Å². The van der Waals surface area contributed by atoms with Crippen molar-refractivity contribution in [3.8, 4) is 0 Å². The lowest BCUT2D eigenvalue weighted by Crippen LogP contribution is -2.52. The zero-order valence-corrected chi connectivity index (χ0v) is 19.1. The second-order valence-corrected chi connectivity index (χ2v) is 9.94. The van der Waals surface area contributed by atoms with Crippen molar-refractivity contribution in [3.63, 3.8) is 0 Å². The Morgan fingerprint density at radius 3 is 1.79 bits per heavy atom. The minimum atomic E-state index is -0.925. The molecule has 1 saturated carbocycles. The average molecular weight is 405 g/mol. The number of Topliss-reactive ketones (excluding diaryl/α,β-unsaturated/α-hetero) is 1. The maximum absolute atomic E-state index is 13.4. The van der Waals surface area contributed by atoms with Crippen LogP contribution in [0.1, 0.15) is 111 Å². The van der Waals surface area contributed by atoms with Crippen LogP contribution in [0.4, 0.5) is 0 Å². The first-order valence-corrected chi connectivity index (χ1v) is 11.5. The molecule has 29 heavy (non-hydrogen) atoms. The SMILES string of the molecule is CC(=O)C(C)(C)c1c[nH]c(=O)n(C(C)(C)C2CCCCCCCCCCC2)c1=O. The van der Waals surface area contributed by atoms with Crippen LogP contribution >= 0.6 is 0 Å². The Kier molecular flexibility index (Phi) is 8.07. The molecule has 0 radical (unpaired) electrons. The van der Waals surface area contributed by atoms with E-state index in [0.717, 1.165) is 25.7 Å². The van der Waals surface area contributed by atoms with E-state index in [1.807, 2.05) is 13.8 Å². The maximum atomic E-state index is 13.4. The number of H-pyrrole nitrogens is 1. The molecular weight excluding hydrogens is 364 g/mol. The summed E-state index contributed by atoms with van der Waals surface area (Å²) in [4.78, 5) is 41.1. The van der Waals surface area contributed by atoms with Crippen LogP contribution in [0, 0.1) is 5.92 Å². The van der Waals surface area contributed by atoms with Crippen LogP contribution in [-0.4, -0.2) is 15.3 Å². The van der Waals surface area contributed by atoms with Gasteiger partial charge < -0.3 is 4.98 Å². The van der Waals surface area contributed by atoms with Gasteiger partial charge in [0.15, 0.2) is 0 Å². The molecule has 1 aromatic heterocycles. The van der Waals surface area contributed by atoms with E-state index in [9.17, 15) is 14.4 Å². The number of aromatic amines is 1. The molecule has 1 heterocycles. The van der Waals surface area contributed by atoms with Gasteiger partial charge in [0.25, 0.3) is 5.56 Å². The summed E-state index contributed by atoms with van der Waals surface area (Å²) < 4.78 is 1.39. The summed E-state index contributed by atoms with van der Waals surface area (Å²) in [5, 5.41) is 0. The monoisotopic (exact) mass is 404 g/mol. The Morgan fingerprint density at radius 2 is 1.34 bits per heavy atom. The zero-order valence-electron chi connectivity index (χ0n) is 19.1. The predicted molar refractivity (Wildman–Crippen MR) is 119 cm³/mol. The highest BCUT2D eigenvalue weighted by atomic mass is 16.2. The lowest BCUT2D eigenvalue weighted by Gasteiger charge is -2.37. The molecule has 0 unspecified atom stereocenters. The molecule has 5 nitrogen and oxygen atoms in total. The molecule has 164 valence electrons. The van der Waals surface area contributed by atoms with Gasteiger partial charge in [-0.1, -0.05) is 57.8 Å². The van der Waals surface area contributed by atoms with Crippen molar-refractivity contribution >= 4 is 5.78 Å². The van der Waals surface area contributed by atoms with Crippen molar-refractivity contribution in [2.24, 2.45) is 5.92 Å². The quantitative estimate of drug-likeness (QED) is 0.762. The van der Waals surface area contributed by atoms with Crippen LogP contribution in [0.15, 0.2) is 15.8 Å². The van der Waals surface area contributed by atoms with Crippen molar-refractivity contribution < 1.29 is 4.79 Å². The number of ketones is 1. The third-order valence-corrected chi connectivity index (χ3v) is 7.21. The highest BCUT2D eigenvalue weighted by Crippen LogP contribution is 2.33. The summed E-state index contributed by atoms with van der Waals surface area (Å²) >= 11 is 0. The molecule has 1 aromatic rings. The van der Waals surface area contributed by atoms with Gasteiger partial charge in [-0.05, 0) is 53.4 Å². The largest absolute Gasteiger partial charge is 0.328 e. The topological polar surface area (TPSA) is 71.9 Å². The van der Waals surface area contributed by atoms with E-state index in [1.165, 1.54) is 62.6 Å². The second-order valence-electron chi connectivity index (χ2n) is 9.94. The number of nitrogens with one attached hydrogen (secondary N) is 1. The molecule has 1 aliphatic carbocycles. The van der Waals surface area contributed by atoms with Gasteiger partial charge in [-0.2, -0.15) is 0 Å². The molecule has 1 aliphatic rings. The number of carbonyl (C=O) groups is 1. The lowest BCUT2D eigenvalue weighted by molar-refractivity contribution is -0.121. The lowest BCUT2D eigenvalue weighted by atomic mass is 9.78. The molecule has 0 amide bonds. The molecule has 0 spiro atoms. The molecular formula is C24H40N2O3. The smallest absolute Gasteiger partial charge is 0.314 e. The molecule has 0 aliphatic heterocycles. The number of carbonyl (C=O) groups excluding carboxylic acids is 1. The minimum Gasteiger partial charge on any atom is -0.314 e. The summed E-state index contributed by atoms with van der Waals surface area (Å²) in [6.07, 6.45) is 14.7. The van der Waals surface area contributed by atoms with E-state index in [-0.39, 0.29) is 23.0 Å². The molecule has 0 saturated heterocycles. The Hall–Kier alpha value is -1.65. The third kappa shape index (κ3) is 5.49. The molecule has 0 atom stereocenters. The predicted octanol–water partition coefficient (Wildman–Crippen LogP) is 5.06. The fraction of sp³-hybridized carbons (Fsp3) is 0.792. The van der Waals surface area contributed by atoms with E-state index >= 15 is 0 Å². The zero-order chi connectivity index (χ0) is 21.7.